The van der Waals surface area contributed by atoms with Gasteiger partial charge in [-0.1, -0.05) is 32.0 Å². The summed E-state index contributed by atoms with van der Waals surface area (Å²) < 4.78 is 7.50. The zero-order valence-corrected chi connectivity index (χ0v) is 13.6. The molecule has 22 heavy (non-hydrogen) atoms. The average molecular weight is 300 g/mol. The highest BCUT2D eigenvalue weighted by molar-refractivity contribution is 5.67. The molecule has 0 radical (unpaired) electrons. The van der Waals surface area contributed by atoms with Crippen molar-refractivity contribution in [1.29, 1.82) is 0 Å². The predicted molar refractivity (Wildman–Crippen MR) is 90.3 cm³/mol. The van der Waals surface area contributed by atoms with Crippen LogP contribution in [0, 0.1) is 0 Å². The minimum Gasteiger partial charge on any atom is -0.493 e. The number of aromatic nitrogens is 1. The van der Waals surface area contributed by atoms with Crippen LogP contribution >= 0.6 is 0 Å². The molecule has 0 amide bonds. The molecule has 1 aromatic heterocycles. The first kappa shape index (κ1) is 16.3. The average Bonchev–Trinajstić information content (AvgIpc) is 2.55. The molecule has 4 nitrogen and oxygen atoms in total. The number of pyridine rings is 1. The van der Waals surface area contributed by atoms with E-state index in [4.69, 9.17) is 4.74 Å². The fourth-order valence-electron chi connectivity index (χ4n) is 2.37. The van der Waals surface area contributed by atoms with Crippen molar-refractivity contribution in [3.05, 3.63) is 52.3 Å². The molecular weight excluding hydrogens is 276 g/mol. The first-order valence-electron chi connectivity index (χ1n) is 7.80. The Kier molecular flexibility index (Phi) is 5.78. The second-order valence-corrected chi connectivity index (χ2v) is 5.23. The van der Waals surface area contributed by atoms with Gasteiger partial charge in [-0.2, -0.15) is 0 Å². The number of rotatable bonds is 7. The van der Waals surface area contributed by atoms with Crippen molar-refractivity contribution in [1.82, 2.24) is 9.88 Å². The van der Waals surface area contributed by atoms with E-state index in [2.05, 4.69) is 12.2 Å². The lowest BCUT2D eigenvalue weighted by atomic mass is 10.1. The van der Waals surface area contributed by atoms with Gasteiger partial charge in [0.05, 0.1) is 12.3 Å². The second-order valence-electron chi connectivity index (χ2n) is 5.23. The topological polar surface area (TPSA) is 43.3 Å². The first-order valence-corrected chi connectivity index (χ1v) is 7.80. The molecule has 0 saturated carbocycles. The Morgan fingerprint density at radius 3 is 2.64 bits per heavy atom. The van der Waals surface area contributed by atoms with Gasteiger partial charge in [0.1, 0.15) is 5.75 Å². The van der Waals surface area contributed by atoms with Crippen LogP contribution in [0.15, 0.2) is 41.2 Å². The smallest absolute Gasteiger partial charge is 0.255 e. The molecule has 0 aliphatic rings. The van der Waals surface area contributed by atoms with E-state index in [1.807, 2.05) is 50.4 Å². The molecule has 1 N–H and O–H groups in total. The molecule has 0 spiro atoms. The van der Waals surface area contributed by atoms with Gasteiger partial charge in [0.15, 0.2) is 0 Å². The van der Waals surface area contributed by atoms with Crippen molar-refractivity contribution in [2.45, 2.75) is 26.8 Å². The number of hydrogen-bond acceptors (Lipinski definition) is 3. The highest BCUT2D eigenvalue weighted by atomic mass is 16.5. The molecule has 2 aromatic rings. The van der Waals surface area contributed by atoms with E-state index in [9.17, 15) is 4.79 Å². The lowest BCUT2D eigenvalue weighted by Crippen LogP contribution is -2.26. The summed E-state index contributed by atoms with van der Waals surface area (Å²) in [5.74, 6) is 0.818. The third-order valence-electron chi connectivity index (χ3n) is 3.57. The minimum atomic E-state index is 0.0312. The van der Waals surface area contributed by atoms with Gasteiger partial charge in [-0.3, -0.25) is 4.79 Å². The van der Waals surface area contributed by atoms with Gasteiger partial charge in [-0.25, -0.2) is 0 Å². The Labute approximate surface area is 131 Å². The largest absolute Gasteiger partial charge is 0.493 e. The van der Waals surface area contributed by atoms with Gasteiger partial charge in [-0.15, -0.1) is 0 Å². The SMILES string of the molecule is CCCOc1ccccc1-c1ccc(CNCC)c(=O)n1C. The lowest BCUT2D eigenvalue weighted by molar-refractivity contribution is 0.318. The van der Waals surface area contributed by atoms with Gasteiger partial charge in [0.2, 0.25) is 0 Å². The van der Waals surface area contributed by atoms with E-state index in [0.29, 0.717) is 13.2 Å². The van der Waals surface area contributed by atoms with Crippen LogP contribution in [-0.2, 0) is 13.6 Å². The number of benzene rings is 1. The molecule has 1 heterocycles. The van der Waals surface area contributed by atoms with Crippen LogP contribution in [0.25, 0.3) is 11.3 Å². The summed E-state index contributed by atoms with van der Waals surface area (Å²) in [7, 11) is 1.81. The maximum absolute atomic E-state index is 12.5. The van der Waals surface area contributed by atoms with Crippen molar-refractivity contribution >= 4 is 0 Å². The van der Waals surface area contributed by atoms with Crippen LogP contribution in [0.4, 0.5) is 0 Å². The third kappa shape index (κ3) is 3.57. The third-order valence-corrected chi connectivity index (χ3v) is 3.57. The molecule has 0 bridgehead atoms. The molecule has 0 aliphatic carbocycles. The number of ether oxygens (including phenoxy) is 1. The fraction of sp³-hybridized carbons (Fsp3) is 0.389. The fourth-order valence-corrected chi connectivity index (χ4v) is 2.37. The maximum Gasteiger partial charge on any atom is 0.255 e. The summed E-state index contributed by atoms with van der Waals surface area (Å²) in [6, 6.07) is 11.7. The van der Waals surface area contributed by atoms with Crippen LogP contribution in [0.3, 0.4) is 0 Å². The Morgan fingerprint density at radius 1 is 1.14 bits per heavy atom. The maximum atomic E-state index is 12.5. The van der Waals surface area contributed by atoms with Crippen molar-refractivity contribution in [3.8, 4) is 17.0 Å². The van der Waals surface area contributed by atoms with Crippen LogP contribution in [0.5, 0.6) is 5.75 Å². The molecule has 0 fully saturated rings. The van der Waals surface area contributed by atoms with Gasteiger partial charge < -0.3 is 14.6 Å². The van der Waals surface area contributed by atoms with Crippen molar-refractivity contribution < 1.29 is 4.74 Å². The Bertz CT molecular complexity index is 677. The minimum absolute atomic E-state index is 0.0312. The zero-order chi connectivity index (χ0) is 15.9. The number of nitrogens with one attached hydrogen (secondary N) is 1. The van der Waals surface area contributed by atoms with Gasteiger partial charge in [-0.05, 0) is 31.2 Å². The van der Waals surface area contributed by atoms with E-state index in [1.165, 1.54) is 0 Å². The normalized spacial score (nSPS) is 10.7. The summed E-state index contributed by atoms with van der Waals surface area (Å²) in [6.45, 7) is 6.22. The molecule has 2 rings (SSSR count). The highest BCUT2D eigenvalue weighted by Gasteiger charge is 2.11. The van der Waals surface area contributed by atoms with Crippen molar-refractivity contribution in [3.63, 3.8) is 0 Å². The van der Waals surface area contributed by atoms with Gasteiger partial charge in [0.25, 0.3) is 5.56 Å². The van der Waals surface area contributed by atoms with E-state index >= 15 is 0 Å². The highest BCUT2D eigenvalue weighted by Crippen LogP contribution is 2.29. The monoisotopic (exact) mass is 300 g/mol. The van der Waals surface area contributed by atoms with E-state index in [0.717, 1.165) is 35.5 Å². The molecule has 118 valence electrons. The number of para-hydroxylation sites is 1. The molecule has 0 aliphatic heterocycles. The first-order chi connectivity index (χ1) is 10.7. The Balaban J connectivity index is 2.41. The summed E-state index contributed by atoms with van der Waals surface area (Å²) in [6.07, 6.45) is 0.953. The standard InChI is InChI=1S/C18H24N2O2/c1-4-12-22-17-9-7-6-8-15(17)16-11-10-14(13-19-5-2)18(21)20(16)3/h6-11,19H,4-5,12-13H2,1-3H3. The van der Waals surface area contributed by atoms with Crippen LogP contribution < -0.4 is 15.6 Å². The summed E-state index contributed by atoms with van der Waals surface area (Å²) in [5.41, 5.74) is 2.63. The van der Waals surface area contributed by atoms with E-state index in [1.54, 1.807) is 4.57 Å². The summed E-state index contributed by atoms with van der Waals surface area (Å²) in [4.78, 5) is 12.5. The Morgan fingerprint density at radius 2 is 1.91 bits per heavy atom. The van der Waals surface area contributed by atoms with Crippen LogP contribution in [-0.4, -0.2) is 17.7 Å². The van der Waals surface area contributed by atoms with Gasteiger partial charge in [0, 0.05) is 24.7 Å². The van der Waals surface area contributed by atoms with E-state index < -0.39 is 0 Å². The van der Waals surface area contributed by atoms with Crippen molar-refractivity contribution in [2.75, 3.05) is 13.2 Å². The molecule has 4 heteroatoms. The van der Waals surface area contributed by atoms with E-state index in [-0.39, 0.29) is 5.56 Å². The zero-order valence-electron chi connectivity index (χ0n) is 13.6. The number of hydrogen-bond donors (Lipinski definition) is 1. The predicted octanol–water partition coefficient (Wildman–Crippen LogP) is 2.95. The Hall–Kier alpha value is -2.07. The quantitative estimate of drug-likeness (QED) is 0.855. The molecule has 0 unspecified atom stereocenters. The molecule has 0 saturated heterocycles. The summed E-state index contributed by atoms with van der Waals surface area (Å²) >= 11 is 0. The second kappa shape index (κ2) is 7.80. The molecule has 1 aromatic carbocycles. The van der Waals surface area contributed by atoms with Crippen LogP contribution in [0.1, 0.15) is 25.8 Å². The number of nitrogens with zero attached hydrogens (tertiary/aromatic N) is 1. The summed E-state index contributed by atoms with van der Waals surface area (Å²) in [5, 5.41) is 3.19. The van der Waals surface area contributed by atoms with Crippen LogP contribution in [0.2, 0.25) is 0 Å². The molecular formula is C18H24N2O2. The van der Waals surface area contributed by atoms with Gasteiger partial charge >= 0.3 is 0 Å². The molecule has 0 atom stereocenters. The van der Waals surface area contributed by atoms with Crippen molar-refractivity contribution in [2.24, 2.45) is 7.05 Å². The lowest BCUT2D eigenvalue weighted by Gasteiger charge is -2.15.